The van der Waals surface area contributed by atoms with Crippen LogP contribution in [0.2, 0.25) is 0 Å². The van der Waals surface area contributed by atoms with Crippen molar-refractivity contribution in [2.45, 2.75) is 19.1 Å². The molecular weight excluding hydrogens is 362 g/mol. The second kappa shape index (κ2) is 9.03. The van der Waals surface area contributed by atoms with Crippen LogP contribution in [0.3, 0.4) is 0 Å². The second-order valence-corrected chi connectivity index (χ2v) is 6.68. The summed E-state index contributed by atoms with van der Waals surface area (Å²) in [5.41, 5.74) is 3.48. The van der Waals surface area contributed by atoms with E-state index in [0.29, 0.717) is 18.8 Å². The summed E-state index contributed by atoms with van der Waals surface area (Å²) in [6, 6.07) is 18.8. The van der Waals surface area contributed by atoms with Crippen molar-refractivity contribution in [2.75, 3.05) is 0 Å². The number of pyridine rings is 3. The summed E-state index contributed by atoms with van der Waals surface area (Å²) < 4.78 is 0. The monoisotopic (exact) mass is 383 g/mol. The van der Waals surface area contributed by atoms with Crippen LogP contribution in [0.25, 0.3) is 10.9 Å². The van der Waals surface area contributed by atoms with Gasteiger partial charge in [-0.15, -0.1) is 0 Å². The zero-order valence-electron chi connectivity index (χ0n) is 15.8. The first kappa shape index (κ1) is 18.7. The Morgan fingerprint density at radius 3 is 2.28 bits per heavy atom. The summed E-state index contributed by atoms with van der Waals surface area (Å²) in [6.07, 6.45) is 6.97. The second-order valence-electron chi connectivity index (χ2n) is 6.68. The van der Waals surface area contributed by atoms with Gasteiger partial charge in [0.25, 0.3) is 0 Å². The Morgan fingerprint density at radius 1 is 0.828 bits per heavy atom. The number of hydrogen-bond donors (Lipinski definition) is 2. The van der Waals surface area contributed by atoms with Gasteiger partial charge < -0.3 is 5.32 Å². The maximum absolute atomic E-state index is 13.0. The Bertz CT molecular complexity index is 1090. The number of amides is 1. The molecule has 1 unspecified atom stereocenters. The van der Waals surface area contributed by atoms with Gasteiger partial charge in [0.1, 0.15) is 6.04 Å². The summed E-state index contributed by atoms with van der Waals surface area (Å²) in [5, 5.41) is 7.35. The number of rotatable bonds is 7. The summed E-state index contributed by atoms with van der Waals surface area (Å²) in [4.78, 5) is 26.0. The molecule has 6 nitrogen and oxygen atoms in total. The summed E-state index contributed by atoms with van der Waals surface area (Å²) in [6.45, 7) is 0.915. The molecule has 0 bridgehead atoms. The normalized spacial score (nSPS) is 11.9. The molecule has 0 spiro atoms. The van der Waals surface area contributed by atoms with Crippen LogP contribution in [0.1, 0.15) is 22.9 Å². The molecule has 0 saturated carbocycles. The highest BCUT2D eigenvalue weighted by molar-refractivity contribution is 5.84. The number of nitrogens with zero attached hydrogens (tertiary/aromatic N) is 3. The lowest BCUT2D eigenvalue weighted by molar-refractivity contribution is -0.123. The molecule has 3 heterocycles. The Labute approximate surface area is 169 Å². The van der Waals surface area contributed by atoms with Crippen molar-refractivity contribution >= 4 is 16.8 Å². The van der Waals surface area contributed by atoms with Crippen molar-refractivity contribution in [3.63, 3.8) is 0 Å². The molecule has 144 valence electrons. The minimum absolute atomic E-state index is 0.138. The number of benzene rings is 1. The van der Waals surface area contributed by atoms with Gasteiger partial charge in [-0.25, -0.2) is 0 Å². The average Bonchev–Trinajstić information content (AvgIpc) is 2.79. The SMILES string of the molecule is O=C(NCc1cccnc1)C(NCc1cccnc1)c1ccc2ccccc2n1. The standard InChI is InChI=1S/C23H21N5O/c29-23(27-16-18-6-4-12-25-14-18)22(26-15-17-5-3-11-24-13-17)21-10-9-19-7-1-2-8-20(19)28-21/h1-14,22,26H,15-16H2,(H,27,29). The number of fused-ring (bicyclic) bond motifs is 1. The van der Waals surface area contributed by atoms with E-state index < -0.39 is 6.04 Å². The molecule has 0 fully saturated rings. The van der Waals surface area contributed by atoms with Gasteiger partial charge in [-0.05, 0) is 35.4 Å². The molecule has 4 aromatic rings. The molecular formula is C23H21N5O. The molecule has 3 aromatic heterocycles. The van der Waals surface area contributed by atoms with Crippen molar-refractivity contribution < 1.29 is 4.79 Å². The highest BCUT2D eigenvalue weighted by Gasteiger charge is 2.21. The third kappa shape index (κ3) is 4.80. The lowest BCUT2D eigenvalue weighted by Crippen LogP contribution is -2.37. The van der Waals surface area contributed by atoms with Crippen LogP contribution in [-0.4, -0.2) is 20.9 Å². The van der Waals surface area contributed by atoms with Crippen molar-refractivity contribution in [3.05, 3.63) is 102 Å². The van der Waals surface area contributed by atoms with Crippen molar-refractivity contribution in [1.82, 2.24) is 25.6 Å². The first-order chi connectivity index (χ1) is 14.3. The smallest absolute Gasteiger partial charge is 0.243 e. The third-order valence-corrected chi connectivity index (χ3v) is 4.60. The van der Waals surface area contributed by atoms with E-state index in [9.17, 15) is 4.79 Å². The molecule has 6 heteroatoms. The van der Waals surface area contributed by atoms with E-state index in [2.05, 4.69) is 20.6 Å². The van der Waals surface area contributed by atoms with E-state index in [4.69, 9.17) is 4.98 Å². The van der Waals surface area contributed by atoms with Crippen LogP contribution in [0.5, 0.6) is 0 Å². The highest BCUT2D eigenvalue weighted by atomic mass is 16.2. The van der Waals surface area contributed by atoms with Crippen molar-refractivity contribution in [1.29, 1.82) is 0 Å². The maximum Gasteiger partial charge on any atom is 0.243 e. The number of hydrogen-bond acceptors (Lipinski definition) is 5. The lowest BCUT2D eigenvalue weighted by atomic mass is 10.1. The van der Waals surface area contributed by atoms with E-state index in [-0.39, 0.29) is 5.91 Å². The van der Waals surface area contributed by atoms with Gasteiger partial charge in [0.05, 0.1) is 11.2 Å². The molecule has 0 aliphatic carbocycles. The predicted molar refractivity (Wildman–Crippen MR) is 112 cm³/mol. The third-order valence-electron chi connectivity index (χ3n) is 4.60. The average molecular weight is 383 g/mol. The van der Waals surface area contributed by atoms with Gasteiger partial charge in [0.15, 0.2) is 0 Å². The van der Waals surface area contributed by atoms with Crippen LogP contribution in [0.15, 0.2) is 85.5 Å². The van der Waals surface area contributed by atoms with Gasteiger partial charge in [0.2, 0.25) is 5.91 Å². The Hall–Kier alpha value is -3.64. The fourth-order valence-corrected chi connectivity index (χ4v) is 3.09. The Morgan fingerprint density at radius 2 is 1.55 bits per heavy atom. The van der Waals surface area contributed by atoms with E-state index >= 15 is 0 Å². The molecule has 0 radical (unpaired) electrons. The molecule has 1 aromatic carbocycles. The number of carbonyl (C=O) groups is 1. The first-order valence-electron chi connectivity index (χ1n) is 9.44. The van der Waals surface area contributed by atoms with Crippen LogP contribution in [0, 0.1) is 0 Å². The molecule has 1 amide bonds. The topological polar surface area (TPSA) is 79.8 Å². The summed E-state index contributed by atoms with van der Waals surface area (Å²) in [5.74, 6) is -0.138. The number of carbonyl (C=O) groups excluding carboxylic acids is 1. The van der Waals surface area contributed by atoms with Crippen LogP contribution in [-0.2, 0) is 17.9 Å². The molecule has 2 N–H and O–H groups in total. The molecule has 0 aliphatic rings. The quantitative estimate of drug-likeness (QED) is 0.512. The lowest BCUT2D eigenvalue weighted by Gasteiger charge is -2.19. The van der Waals surface area contributed by atoms with Crippen LogP contribution < -0.4 is 10.6 Å². The highest BCUT2D eigenvalue weighted by Crippen LogP contribution is 2.18. The fraction of sp³-hybridized carbons (Fsp3) is 0.130. The van der Waals surface area contributed by atoms with E-state index in [1.54, 1.807) is 24.8 Å². The minimum Gasteiger partial charge on any atom is -0.350 e. The molecule has 29 heavy (non-hydrogen) atoms. The number of para-hydroxylation sites is 1. The fourth-order valence-electron chi connectivity index (χ4n) is 3.09. The predicted octanol–water partition coefficient (Wildman–Crippen LogP) is 3.17. The zero-order chi connectivity index (χ0) is 19.9. The zero-order valence-corrected chi connectivity index (χ0v) is 15.8. The van der Waals surface area contributed by atoms with Gasteiger partial charge in [-0.3, -0.25) is 25.1 Å². The Kier molecular flexibility index (Phi) is 5.83. The van der Waals surface area contributed by atoms with E-state index in [1.807, 2.05) is 60.7 Å². The number of aromatic nitrogens is 3. The summed E-state index contributed by atoms with van der Waals surface area (Å²) >= 11 is 0. The largest absolute Gasteiger partial charge is 0.350 e. The first-order valence-corrected chi connectivity index (χ1v) is 9.44. The van der Waals surface area contributed by atoms with E-state index in [0.717, 1.165) is 22.0 Å². The van der Waals surface area contributed by atoms with Gasteiger partial charge in [-0.2, -0.15) is 0 Å². The summed E-state index contributed by atoms with van der Waals surface area (Å²) in [7, 11) is 0. The number of nitrogens with one attached hydrogen (secondary N) is 2. The van der Waals surface area contributed by atoms with Crippen molar-refractivity contribution in [2.24, 2.45) is 0 Å². The van der Waals surface area contributed by atoms with Gasteiger partial charge in [-0.1, -0.05) is 36.4 Å². The molecule has 4 rings (SSSR count). The molecule has 0 saturated heterocycles. The van der Waals surface area contributed by atoms with Gasteiger partial charge in [0, 0.05) is 43.3 Å². The van der Waals surface area contributed by atoms with E-state index in [1.165, 1.54) is 0 Å². The minimum atomic E-state index is -0.587. The van der Waals surface area contributed by atoms with Crippen LogP contribution >= 0.6 is 0 Å². The molecule has 1 atom stereocenters. The van der Waals surface area contributed by atoms with Crippen LogP contribution in [0.4, 0.5) is 0 Å². The maximum atomic E-state index is 13.0. The Balaban J connectivity index is 1.55. The van der Waals surface area contributed by atoms with Gasteiger partial charge >= 0.3 is 0 Å². The molecule has 0 aliphatic heterocycles. The van der Waals surface area contributed by atoms with Crippen molar-refractivity contribution in [3.8, 4) is 0 Å².